The first-order valence-electron chi connectivity index (χ1n) is 6.88. The number of hydrogen-bond donors (Lipinski definition) is 0. The van der Waals surface area contributed by atoms with E-state index in [2.05, 4.69) is 12.1 Å². The molecular formula is C16H24O2. The minimum absolute atomic E-state index is 0.310. The van der Waals surface area contributed by atoms with E-state index < -0.39 is 0 Å². The van der Waals surface area contributed by atoms with Crippen molar-refractivity contribution in [3.8, 4) is 0 Å². The molecule has 1 aliphatic rings. The fraction of sp³-hybridized carbons (Fsp3) is 0.562. The normalized spacial score (nSPS) is 21.5. The molecule has 0 N–H and O–H groups in total. The van der Waals surface area contributed by atoms with Gasteiger partial charge in [0.25, 0.3) is 0 Å². The van der Waals surface area contributed by atoms with Crippen LogP contribution in [0.25, 0.3) is 0 Å². The van der Waals surface area contributed by atoms with Crippen molar-refractivity contribution >= 4 is 5.78 Å². The molecule has 0 heterocycles. The minimum Gasteiger partial charge on any atom is -0.376 e. The number of Topliss-reactive ketones (excluding diaryl/α,β-unsaturated/α-hetero) is 1. The van der Waals surface area contributed by atoms with Crippen molar-refractivity contribution < 1.29 is 9.53 Å². The third kappa shape index (κ3) is 4.61. The van der Waals surface area contributed by atoms with Gasteiger partial charge in [-0.25, -0.2) is 0 Å². The molecule has 2 rings (SSSR count). The molecule has 1 saturated carbocycles. The molecule has 0 aliphatic heterocycles. The largest absolute Gasteiger partial charge is 0.376 e. The summed E-state index contributed by atoms with van der Waals surface area (Å²) in [6.45, 7) is 7.16. The summed E-state index contributed by atoms with van der Waals surface area (Å²) in [7, 11) is 0. The van der Waals surface area contributed by atoms with Crippen molar-refractivity contribution in [3.63, 3.8) is 0 Å². The van der Waals surface area contributed by atoms with Gasteiger partial charge in [-0.05, 0) is 31.2 Å². The average Bonchev–Trinajstić information content (AvgIpc) is 2.35. The van der Waals surface area contributed by atoms with Gasteiger partial charge in [0.2, 0.25) is 0 Å². The zero-order chi connectivity index (χ0) is 13.4. The van der Waals surface area contributed by atoms with Crippen LogP contribution in [0.3, 0.4) is 0 Å². The van der Waals surface area contributed by atoms with Crippen LogP contribution in [0.5, 0.6) is 0 Å². The van der Waals surface area contributed by atoms with Crippen LogP contribution in [-0.2, 0) is 16.1 Å². The predicted octanol–water partition coefficient (Wildman–Crippen LogP) is 3.84. The summed E-state index contributed by atoms with van der Waals surface area (Å²) in [6, 6.07) is 10.2. The van der Waals surface area contributed by atoms with Gasteiger partial charge in [-0.3, -0.25) is 4.79 Å². The highest BCUT2D eigenvalue weighted by atomic mass is 16.5. The Bertz CT molecular complexity index is 339. The van der Waals surface area contributed by atoms with E-state index in [-0.39, 0.29) is 0 Å². The van der Waals surface area contributed by atoms with Crippen LogP contribution in [-0.4, -0.2) is 12.4 Å². The summed E-state index contributed by atoms with van der Waals surface area (Å²) in [5.41, 5.74) is 1.21. The predicted molar refractivity (Wildman–Crippen MR) is 74.3 cm³/mol. The Balaban J connectivity index is 0.000000771. The van der Waals surface area contributed by atoms with Crippen LogP contribution in [0, 0.1) is 11.8 Å². The molecule has 1 aromatic rings. The van der Waals surface area contributed by atoms with Gasteiger partial charge in [-0.15, -0.1) is 0 Å². The molecule has 0 atom stereocenters. The SMILES string of the molecule is CC.CC(=O)C1CC(COCc2ccccc2)C1. The zero-order valence-electron chi connectivity index (χ0n) is 11.7. The summed E-state index contributed by atoms with van der Waals surface area (Å²) < 4.78 is 5.64. The van der Waals surface area contributed by atoms with Crippen LogP contribution in [0.1, 0.15) is 39.2 Å². The maximum Gasteiger partial charge on any atom is 0.132 e. The molecule has 0 unspecified atom stereocenters. The lowest BCUT2D eigenvalue weighted by Gasteiger charge is -2.33. The number of carbonyl (C=O) groups is 1. The molecule has 0 radical (unpaired) electrons. The Kier molecular flexibility index (Phi) is 6.66. The van der Waals surface area contributed by atoms with Gasteiger partial charge in [0.1, 0.15) is 5.78 Å². The topological polar surface area (TPSA) is 26.3 Å². The molecule has 0 bridgehead atoms. The quantitative estimate of drug-likeness (QED) is 0.791. The fourth-order valence-corrected chi connectivity index (χ4v) is 2.12. The molecule has 1 aromatic carbocycles. The van der Waals surface area contributed by atoms with Gasteiger partial charge in [0.15, 0.2) is 0 Å². The third-order valence-electron chi connectivity index (χ3n) is 3.28. The third-order valence-corrected chi connectivity index (χ3v) is 3.28. The molecule has 2 heteroatoms. The van der Waals surface area contributed by atoms with Crippen LogP contribution in [0.15, 0.2) is 30.3 Å². The summed E-state index contributed by atoms with van der Waals surface area (Å²) >= 11 is 0. The maximum atomic E-state index is 11.0. The van der Waals surface area contributed by atoms with Crippen LogP contribution in [0.4, 0.5) is 0 Å². The van der Waals surface area contributed by atoms with E-state index in [1.165, 1.54) is 5.56 Å². The Morgan fingerprint density at radius 2 is 1.83 bits per heavy atom. The number of rotatable bonds is 5. The van der Waals surface area contributed by atoms with E-state index in [0.717, 1.165) is 19.4 Å². The lowest BCUT2D eigenvalue weighted by molar-refractivity contribution is -0.125. The summed E-state index contributed by atoms with van der Waals surface area (Å²) in [5.74, 6) is 1.24. The minimum atomic E-state index is 0.310. The second kappa shape index (κ2) is 8.04. The number of ketones is 1. The molecule has 18 heavy (non-hydrogen) atoms. The zero-order valence-corrected chi connectivity index (χ0v) is 11.7. The summed E-state index contributed by atoms with van der Waals surface area (Å²) in [5, 5.41) is 0. The van der Waals surface area contributed by atoms with E-state index in [1.807, 2.05) is 32.0 Å². The lowest BCUT2D eigenvalue weighted by atomic mass is 9.73. The van der Waals surface area contributed by atoms with E-state index in [4.69, 9.17) is 4.74 Å². The van der Waals surface area contributed by atoms with E-state index in [1.54, 1.807) is 6.92 Å². The van der Waals surface area contributed by atoms with Crippen LogP contribution >= 0.6 is 0 Å². The first-order valence-corrected chi connectivity index (χ1v) is 6.88. The van der Waals surface area contributed by atoms with E-state index in [0.29, 0.717) is 24.2 Å². The molecular weight excluding hydrogens is 224 g/mol. The molecule has 0 aromatic heterocycles. The van der Waals surface area contributed by atoms with E-state index >= 15 is 0 Å². The molecule has 2 nitrogen and oxygen atoms in total. The Hall–Kier alpha value is -1.15. The molecule has 1 fully saturated rings. The van der Waals surface area contributed by atoms with E-state index in [9.17, 15) is 4.79 Å². The number of hydrogen-bond acceptors (Lipinski definition) is 2. The van der Waals surface area contributed by atoms with Crippen LogP contribution < -0.4 is 0 Å². The molecule has 100 valence electrons. The molecule has 0 amide bonds. The monoisotopic (exact) mass is 248 g/mol. The lowest BCUT2D eigenvalue weighted by Crippen LogP contribution is -2.31. The van der Waals surface area contributed by atoms with Crippen molar-refractivity contribution in [2.24, 2.45) is 11.8 Å². The number of ether oxygens (including phenoxy) is 1. The average molecular weight is 248 g/mol. The van der Waals surface area contributed by atoms with Gasteiger partial charge >= 0.3 is 0 Å². The van der Waals surface area contributed by atoms with Crippen molar-refractivity contribution in [2.75, 3.05) is 6.61 Å². The standard InChI is InChI=1S/C14H18O2.C2H6/c1-11(15)14-7-13(8-14)10-16-9-12-5-3-2-4-6-12;1-2/h2-6,13-14H,7-10H2,1H3;1-2H3. The molecule has 0 spiro atoms. The van der Waals surface area contributed by atoms with Gasteiger partial charge in [-0.1, -0.05) is 44.2 Å². The molecule has 1 aliphatic carbocycles. The van der Waals surface area contributed by atoms with Gasteiger partial charge < -0.3 is 4.74 Å². The van der Waals surface area contributed by atoms with Gasteiger partial charge in [-0.2, -0.15) is 0 Å². The highest BCUT2D eigenvalue weighted by molar-refractivity contribution is 5.79. The first-order chi connectivity index (χ1) is 8.75. The number of benzene rings is 1. The Morgan fingerprint density at radius 3 is 2.39 bits per heavy atom. The Labute approximate surface area is 110 Å². The smallest absolute Gasteiger partial charge is 0.132 e. The fourth-order valence-electron chi connectivity index (χ4n) is 2.12. The second-order valence-electron chi connectivity index (χ2n) is 4.65. The van der Waals surface area contributed by atoms with Crippen molar-refractivity contribution in [3.05, 3.63) is 35.9 Å². The molecule has 0 saturated heterocycles. The summed E-state index contributed by atoms with van der Waals surface area (Å²) in [4.78, 5) is 11.0. The van der Waals surface area contributed by atoms with Crippen molar-refractivity contribution in [1.82, 2.24) is 0 Å². The maximum absolute atomic E-state index is 11.0. The van der Waals surface area contributed by atoms with Gasteiger partial charge in [0.05, 0.1) is 6.61 Å². The van der Waals surface area contributed by atoms with Crippen molar-refractivity contribution in [1.29, 1.82) is 0 Å². The highest BCUT2D eigenvalue weighted by Gasteiger charge is 2.31. The second-order valence-corrected chi connectivity index (χ2v) is 4.65. The highest BCUT2D eigenvalue weighted by Crippen LogP contribution is 2.34. The van der Waals surface area contributed by atoms with Crippen LogP contribution in [0.2, 0.25) is 0 Å². The van der Waals surface area contributed by atoms with Gasteiger partial charge in [0, 0.05) is 12.5 Å². The number of carbonyl (C=O) groups excluding carboxylic acids is 1. The first kappa shape index (κ1) is 14.9. The summed E-state index contributed by atoms with van der Waals surface area (Å²) in [6.07, 6.45) is 2.04. The van der Waals surface area contributed by atoms with Crippen molar-refractivity contribution in [2.45, 2.75) is 40.2 Å². The Morgan fingerprint density at radius 1 is 1.22 bits per heavy atom.